The van der Waals surface area contributed by atoms with E-state index in [4.69, 9.17) is 4.74 Å². The molecule has 4 atom stereocenters. The fraction of sp³-hybridized carbons (Fsp3) is 0.296. The fourth-order valence-corrected chi connectivity index (χ4v) is 7.36. The van der Waals surface area contributed by atoms with Gasteiger partial charge in [0, 0.05) is 12.0 Å². The fourth-order valence-electron chi connectivity index (χ4n) is 5.23. The topological polar surface area (TPSA) is 46.5 Å². The monoisotopic (exact) mass is 485 g/mol. The summed E-state index contributed by atoms with van der Waals surface area (Å²) in [6, 6.07) is 27.3. The smallest absolute Gasteiger partial charge is 0.417 e. The van der Waals surface area contributed by atoms with Crippen LogP contribution in [0.2, 0.25) is 0 Å². The summed E-state index contributed by atoms with van der Waals surface area (Å²) in [6.07, 6.45) is -5.43. The molecular formula is C27H24F3O3S+. The molecule has 3 nitrogen and oxygen atoms in total. The molecule has 0 aliphatic heterocycles. The van der Waals surface area contributed by atoms with Gasteiger partial charge in [-0.15, -0.1) is 0 Å². The highest BCUT2D eigenvalue weighted by molar-refractivity contribution is 7.97. The van der Waals surface area contributed by atoms with E-state index in [-0.39, 0.29) is 12.8 Å². The van der Waals surface area contributed by atoms with Crippen LogP contribution in [0.25, 0.3) is 0 Å². The second-order valence-electron chi connectivity index (χ2n) is 8.96. The Bertz CT molecular complexity index is 1130. The molecule has 2 bridgehead atoms. The number of esters is 1. The average Bonchev–Trinajstić information content (AvgIpc) is 3.38. The molecule has 34 heavy (non-hydrogen) atoms. The summed E-state index contributed by atoms with van der Waals surface area (Å²) in [7, 11) is -0.433. The van der Waals surface area contributed by atoms with Gasteiger partial charge in [-0.1, -0.05) is 42.5 Å². The number of carbonyl (C=O) groups excluding carboxylic acids is 1. The Balaban J connectivity index is 1.37. The van der Waals surface area contributed by atoms with E-state index in [1.165, 1.54) is 0 Å². The molecule has 176 valence electrons. The van der Waals surface area contributed by atoms with Gasteiger partial charge in [0.05, 0.1) is 16.5 Å². The van der Waals surface area contributed by atoms with Crippen LogP contribution in [0.5, 0.6) is 0 Å². The zero-order valence-corrected chi connectivity index (χ0v) is 19.1. The molecule has 0 spiro atoms. The molecule has 4 unspecified atom stereocenters. The van der Waals surface area contributed by atoms with Gasteiger partial charge in [0.1, 0.15) is 6.10 Å². The van der Waals surface area contributed by atoms with Gasteiger partial charge in [0.25, 0.3) is 0 Å². The normalized spacial score (nSPS) is 26.1. The molecule has 2 fully saturated rings. The minimum Gasteiger partial charge on any atom is -0.458 e. The molecule has 7 heteroatoms. The second kappa shape index (κ2) is 8.78. The second-order valence-corrected chi connectivity index (χ2v) is 11.0. The predicted molar refractivity (Wildman–Crippen MR) is 123 cm³/mol. The van der Waals surface area contributed by atoms with Gasteiger partial charge in [-0.3, -0.25) is 0 Å². The number of carbonyl (C=O) groups is 1. The highest BCUT2D eigenvalue weighted by atomic mass is 32.2. The molecule has 0 radical (unpaired) electrons. The number of aliphatic hydroxyl groups is 1. The van der Waals surface area contributed by atoms with E-state index in [2.05, 4.69) is 24.3 Å². The van der Waals surface area contributed by atoms with E-state index in [0.717, 1.165) is 14.7 Å². The molecule has 0 saturated heterocycles. The van der Waals surface area contributed by atoms with Gasteiger partial charge in [-0.25, -0.2) is 4.79 Å². The van der Waals surface area contributed by atoms with E-state index in [0.29, 0.717) is 5.56 Å². The summed E-state index contributed by atoms with van der Waals surface area (Å²) in [5, 5.41) is 10.1. The van der Waals surface area contributed by atoms with Crippen molar-refractivity contribution in [3.05, 3.63) is 90.5 Å². The minimum atomic E-state index is -4.67. The van der Waals surface area contributed by atoms with E-state index < -0.39 is 53.0 Å². The van der Waals surface area contributed by atoms with Gasteiger partial charge >= 0.3 is 12.1 Å². The Morgan fingerprint density at radius 3 is 2.00 bits per heavy atom. The van der Waals surface area contributed by atoms with Crippen LogP contribution >= 0.6 is 0 Å². The molecule has 5 rings (SSSR count). The van der Waals surface area contributed by atoms with Gasteiger partial charge in [-0.2, -0.15) is 13.2 Å². The average molecular weight is 486 g/mol. The van der Waals surface area contributed by atoms with Crippen LogP contribution in [0.15, 0.2) is 99.6 Å². The zero-order chi connectivity index (χ0) is 23.9. The van der Waals surface area contributed by atoms with Crippen molar-refractivity contribution >= 4 is 16.9 Å². The summed E-state index contributed by atoms with van der Waals surface area (Å²) in [4.78, 5) is 16.1. The summed E-state index contributed by atoms with van der Waals surface area (Å²) in [5.41, 5.74) is -2.30. The lowest BCUT2D eigenvalue weighted by Crippen LogP contribution is -2.51. The van der Waals surface area contributed by atoms with Gasteiger partial charge in [0.2, 0.25) is 0 Å². The third-order valence-corrected chi connectivity index (χ3v) is 9.10. The largest absolute Gasteiger partial charge is 0.458 e. The minimum absolute atomic E-state index is 0.0323. The molecule has 1 N–H and O–H groups in total. The van der Waals surface area contributed by atoms with Crippen LogP contribution in [0, 0.1) is 11.8 Å². The Hall–Kier alpha value is -2.77. The van der Waals surface area contributed by atoms with Gasteiger partial charge in [-0.05, 0) is 61.6 Å². The van der Waals surface area contributed by atoms with E-state index in [1.54, 1.807) is 12.1 Å². The summed E-state index contributed by atoms with van der Waals surface area (Å²) in [5.74, 6) is -1.95. The van der Waals surface area contributed by atoms with Crippen LogP contribution in [-0.2, 0) is 15.6 Å². The van der Waals surface area contributed by atoms with Crippen molar-refractivity contribution in [3.63, 3.8) is 0 Å². The van der Waals surface area contributed by atoms with E-state index in [1.807, 2.05) is 48.5 Å². The molecule has 3 aromatic carbocycles. The van der Waals surface area contributed by atoms with Crippen LogP contribution < -0.4 is 0 Å². The number of hydrogen-bond donors (Lipinski definition) is 1. The molecule has 2 aliphatic rings. The maximum atomic E-state index is 13.3. The third-order valence-electron chi connectivity index (χ3n) is 6.89. The van der Waals surface area contributed by atoms with Crippen molar-refractivity contribution in [2.75, 3.05) is 0 Å². The number of alkyl halides is 3. The lowest BCUT2D eigenvalue weighted by molar-refractivity contribution is -0.280. The van der Waals surface area contributed by atoms with Crippen molar-refractivity contribution in [2.45, 2.75) is 51.8 Å². The maximum Gasteiger partial charge on any atom is 0.417 e. The van der Waals surface area contributed by atoms with Crippen LogP contribution in [0.4, 0.5) is 13.2 Å². The highest BCUT2D eigenvalue weighted by Gasteiger charge is 2.67. The number of halogens is 3. The molecule has 2 aliphatic carbocycles. The number of fused-ring (bicyclic) bond motifs is 2. The van der Waals surface area contributed by atoms with E-state index in [9.17, 15) is 23.1 Å². The molecule has 0 amide bonds. The predicted octanol–water partition coefficient (Wildman–Crippen LogP) is 6.03. The standard InChI is InChI=1S/C27H24F3O3S/c28-27(29,30)26(32)17-19-14-20(26)16-24(19)33-25(31)18-8-7-13-23(15-18)34(21-9-3-1-4-10-21)22-11-5-2-6-12-22/h1-13,15,19-20,24,32H,14,16-17H2/q+1. The summed E-state index contributed by atoms with van der Waals surface area (Å²) < 4.78 is 45.6. The van der Waals surface area contributed by atoms with Crippen LogP contribution in [-0.4, -0.2) is 29.0 Å². The first-order chi connectivity index (χ1) is 16.3. The highest BCUT2D eigenvalue weighted by Crippen LogP contribution is 2.57. The van der Waals surface area contributed by atoms with Crippen molar-refractivity contribution in [1.29, 1.82) is 0 Å². The maximum absolute atomic E-state index is 13.3. The summed E-state index contributed by atoms with van der Waals surface area (Å²) in [6.45, 7) is 0. The quantitative estimate of drug-likeness (QED) is 0.355. The summed E-state index contributed by atoms with van der Waals surface area (Å²) >= 11 is 0. The van der Waals surface area contributed by atoms with Crippen molar-refractivity contribution < 1.29 is 27.8 Å². The zero-order valence-electron chi connectivity index (χ0n) is 18.2. The Morgan fingerprint density at radius 1 is 0.882 bits per heavy atom. The molecular weight excluding hydrogens is 461 g/mol. The molecule has 0 heterocycles. The number of hydrogen-bond acceptors (Lipinski definition) is 3. The molecule has 3 aromatic rings. The number of rotatable bonds is 5. The Labute approximate surface area is 198 Å². The lowest BCUT2D eigenvalue weighted by Gasteiger charge is -2.36. The Morgan fingerprint density at radius 2 is 1.47 bits per heavy atom. The molecule has 2 saturated carbocycles. The SMILES string of the molecule is O=C(OC1CC2CC1CC2(O)C(F)(F)F)c1cccc([S+](c2ccccc2)c2ccccc2)c1. The van der Waals surface area contributed by atoms with Crippen molar-refractivity contribution in [3.8, 4) is 0 Å². The number of benzene rings is 3. The van der Waals surface area contributed by atoms with Crippen molar-refractivity contribution in [2.24, 2.45) is 11.8 Å². The first-order valence-corrected chi connectivity index (χ1v) is 12.4. The Kier molecular flexibility index (Phi) is 5.94. The van der Waals surface area contributed by atoms with Gasteiger partial charge in [0.15, 0.2) is 20.3 Å². The first kappa shape index (κ1) is 23.0. The lowest BCUT2D eigenvalue weighted by atomic mass is 9.82. The first-order valence-electron chi connectivity index (χ1n) is 11.2. The van der Waals surface area contributed by atoms with Crippen LogP contribution in [0.1, 0.15) is 29.6 Å². The van der Waals surface area contributed by atoms with Crippen molar-refractivity contribution in [1.82, 2.24) is 0 Å². The number of ether oxygens (including phenoxy) is 1. The van der Waals surface area contributed by atoms with E-state index >= 15 is 0 Å². The molecule has 0 aromatic heterocycles. The van der Waals surface area contributed by atoms with Gasteiger partial charge < -0.3 is 9.84 Å². The third kappa shape index (κ3) is 4.12. The van der Waals surface area contributed by atoms with Crippen LogP contribution in [0.3, 0.4) is 0 Å².